The van der Waals surface area contributed by atoms with E-state index in [-0.39, 0.29) is 42.4 Å². The molecular weight excluding hydrogens is 470 g/mol. The van der Waals surface area contributed by atoms with Crippen LogP contribution in [-0.4, -0.2) is 50.5 Å². The van der Waals surface area contributed by atoms with Crippen LogP contribution in [-0.2, 0) is 21.4 Å². The lowest BCUT2D eigenvalue weighted by Crippen LogP contribution is -2.44. The summed E-state index contributed by atoms with van der Waals surface area (Å²) in [6.07, 6.45) is 1.78. The van der Waals surface area contributed by atoms with E-state index >= 15 is 0 Å². The summed E-state index contributed by atoms with van der Waals surface area (Å²) in [6.45, 7) is 12.1. The van der Waals surface area contributed by atoms with Crippen LogP contribution < -0.4 is 0 Å². The molecule has 37 heavy (non-hydrogen) atoms. The minimum absolute atomic E-state index is 0.0458. The molecule has 1 aromatic carbocycles. The number of aromatic nitrogens is 2. The first-order valence-electron chi connectivity index (χ1n) is 12.9. The van der Waals surface area contributed by atoms with Crippen LogP contribution in [0.3, 0.4) is 0 Å². The van der Waals surface area contributed by atoms with Crippen LogP contribution in [0.5, 0.6) is 0 Å². The van der Waals surface area contributed by atoms with Crippen molar-refractivity contribution in [3.63, 3.8) is 0 Å². The van der Waals surface area contributed by atoms with E-state index in [1.807, 2.05) is 71.9 Å². The van der Waals surface area contributed by atoms with Crippen molar-refractivity contribution < 1.29 is 23.6 Å². The monoisotopic (exact) mass is 507 g/mol. The molecule has 2 aromatic heterocycles. The van der Waals surface area contributed by atoms with Gasteiger partial charge in [0, 0.05) is 36.4 Å². The first-order valence-corrected chi connectivity index (χ1v) is 12.9. The molecule has 4 rings (SSSR count). The predicted molar refractivity (Wildman–Crippen MR) is 139 cm³/mol. The van der Waals surface area contributed by atoms with Crippen molar-refractivity contribution in [2.24, 2.45) is 5.92 Å². The van der Waals surface area contributed by atoms with Gasteiger partial charge >= 0.3 is 0 Å². The number of hydrogen-bond acceptors (Lipinski definition) is 7. The number of Topliss-reactive ketones (excluding diaryl/α,β-unsaturated/α-hetero) is 1. The molecule has 1 aliphatic rings. The Morgan fingerprint density at radius 1 is 1.19 bits per heavy atom. The molecule has 3 aromatic rings. The molecule has 1 aliphatic heterocycles. The summed E-state index contributed by atoms with van der Waals surface area (Å²) in [4.78, 5) is 32.7. The van der Waals surface area contributed by atoms with Crippen LogP contribution in [0.2, 0.25) is 0 Å². The molecule has 3 unspecified atom stereocenters. The number of ketones is 1. The summed E-state index contributed by atoms with van der Waals surface area (Å²) in [5.41, 5.74) is 3.34. The number of amides is 1. The minimum atomic E-state index is -0.727. The third-order valence-corrected chi connectivity index (χ3v) is 7.09. The van der Waals surface area contributed by atoms with Crippen molar-refractivity contribution in [1.29, 1.82) is 0 Å². The maximum Gasteiger partial charge on any atom is 0.234 e. The SMILES string of the molecule is Cc1ncoc1-c1ccc(CCC(=O)C2CC(O)CN2C(=O)C(c2cc(C(C)(C)C)no2)C(C)C)cc1. The molecule has 8 nitrogen and oxygen atoms in total. The summed E-state index contributed by atoms with van der Waals surface area (Å²) in [6, 6.07) is 9.06. The molecule has 8 heteroatoms. The summed E-state index contributed by atoms with van der Waals surface area (Å²) in [7, 11) is 0. The number of oxazole rings is 1. The second kappa shape index (κ2) is 10.6. The molecule has 3 heterocycles. The van der Waals surface area contributed by atoms with E-state index in [2.05, 4.69) is 10.1 Å². The number of aliphatic hydroxyl groups is 1. The lowest BCUT2D eigenvalue weighted by atomic mass is 9.88. The molecule has 1 saturated heterocycles. The quantitative estimate of drug-likeness (QED) is 0.465. The van der Waals surface area contributed by atoms with Crippen LogP contribution in [0.1, 0.15) is 76.1 Å². The van der Waals surface area contributed by atoms with Crippen molar-refractivity contribution in [3.8, 4) is 11.3 Å². The molecule has 0 aliphatic carbocycles. The van der Waals surface area contributed by atoms with Gasteiger partial charge in [0.05, 0.1) is 23.5 Å². The maximum absolute atomic E-state index is 13.7. The fourth-order valence-corrected chi connectivity index (χ4v) is 4.90. The Morgan fingerprint density at radius 3 is 2.46 bits per heavy atom. The Kier molecular flexibility index (Phi) is 7.69. The van der Waals surface area contributed by atoms with Gasteiger partial charge in [0.2, 0.25) is 5.91 Å². The number of rotatable bonds is 8. The second-order valence-electron chi connectivity index (χ2n) is 11.4. The molecule has 3 atom stereocenters. The van der Waals surface area contributed by atoms with E-state index in [1.54, 1.807) is 4.90 Å². The molecule has 198 valence electrons. The topological polar surface area (TPSA) is 110 Å². The lowest BCUT2D eigenvalue weighted by molar-refractivity contribution is -0.140. The fourth-order valence-electron chi connectivity index (χ4n) is 4.90. The molecule has 0 spiro atoms. The third kappa shape index (κ3) is 5.85. The van der Waals surface area contributed by atoms with E-state index in [0.29, 0.717) is 12.2 Å². The summed E-state index contributed by atoms with van der Waals surface area (Å²) < 4.78 is 11.1. The average Bonchev–Trinajstić information content (AvgIpc) is 3.57. The van der Waals surface area contributed by atoms with Crippen LogP contribution >= 0.6 is 0 Å². The Labute approximate surface area is 218 Å². The Hall–Kier alpha value is -3.26. The third-order valence-electron chi connectivity index (χ3n) is 7.09. The highest BCUT2D eigenvalue weighted by atomic mass is 16.5. The number of carbonyl (C=O) groups is 2. The fraction of sp³-hybridized carbons (Fsp3) is 0.517. The van der Waals surface area contributed by atoms with Crippen LogP contribution in [0.15, 0.2) is 45.7 Å². The van der Waals surface area contributed by atoms with Gasteiger partial charge in [0.15, 0.2) is 17.9 Å². The van der Waals surface area contributed by atoms with Crippen LogP contribution in [0.4, 0.5) is 0 Å². The van der Waals surface area contributed by atoms with Gasteiger partial charge in [-0.1, -0.05) is 64.0 Å². The Morgan fingerprint density at radius 2 is 1.89 bits per heavy atom. The van der Waals surface area contributed by atoms with E-state index in [4.69, 9.17) is 8.94 Å². The van der Waals surface area contributed by atoms with Gasteiger partial charge < -0.3 is 18.9 Å². The molecule has 0 bridgehead atoms. The largest absolute Gasteiger partial charge is 0.443 e. The number of likely N-dealkylation sites (tertiary alicyclic amines) is 1. The van der Waals surface area contributed by atoms with Gasteiger partial charge in [0.1, 0.15) is 11.7 Å². The predicted octanol–water partition coefficient (Wildman–Crippen LogP) is 4.84. The van der Waals surface area contributed by atoms with Crippen molar-refractivity contribution in [2.75, 3.05) is 6.54 Å². The van der Waals surface area contributed by atoms with E-state index < -0.39 is 18.1 Å². The van der Waals surface area contributed by atoms with Gasteiger partial charge in [-0.05, 0) is 24.8 Å². The molecule has 1 amide bonds. The molecular formula is C29H37N3O5. The smallest absolute Gasteiger partial charge is 0.234 e. The highest BCUT2D eigenvalue weighted by molar-refractivity contribution is 5.92. The minimum Gasteiger partial charge on any atom is -0.443 e. The molecule has 1 N–H and O–H groups in total. The van der Waals surface area contributed by atoms with Crippen molar-refractivity contribution in [1.82, 2.24) is 15.0 Å². The number of aryl methyl sites for hydroxylation is 2. The normalized spacial score (nSPS) is 19.0. The van der Waals surface area contributed by atoms with Crippen molar-refractivity contribution in [3.05, 3.63) is 59.4 Å². The maximum atomic E-state index is 13.7. The van der Waals surface area contributed by atoms with Gasteiger partial charge in [-0.15, -0.1) is 0 Å². The molecule has 0 saturated carbocycles. The zero-order chi connectivity index (χ0) is 26.9. The van der Waals surface area contributed by atoms with Gasteiger partial charge in [0.25, 0.3) is 0 Å². The van der Waals surface area contributed by atoms with Crippen LogP contribution in [0, 0.1) is 12.8 Å². The van der Waals surface area contributed by atoms with Gasteiger partial charge in [-0.2, -0.15) is 0 Å². The number of aliphatic hydroxyl groups excluding tert-OH is 1. The number of carbonyl (C=O) groups excluding carboxylic acids is 2. The van der Waals surface area contributed by atoms with E-state index in [1.165, 1.54) is 6.39 Å². The molecule has 1 fully saturated rings. The Balaban J connectivity index is 1.45. The van der Waals surface area contributed by atoms with Crippen molar-refractivity contribution in [2.45, 2.75) is 84.3 Å². The standard InChI is InChI=1S/C29H37N3O5/c1-17(2)26(24-14-25(31-37-24)29(4,5)6)28(35)32-15-21(33)13-22(32)23(34)12-9-19-7-10-20(11-8-19)27-18(3)30-16-36-27/h7-8,10-11,14,16-17,21-22,26,33H,9,12-13,15H2,1-6H3. The summed E-state index contributed by atoms with van der Waals surface area (Å²) in [5.74, 6) is 0.353. The number of nitrogens with zero attached hydrogens (tertiary/aromatic N) is 3. The number of benzene rings is 1. The molecule has 0 radical (unpaired) electrons. The summed E-state index contributed by atoms with van der Waals surface area (Å²) >= 11 is 0. The van der Waals surface area contributed by atoms with Crippen LogP contribution in [0.25, 0.3) is 11.3 Å². The second-order valence-corrected chi connectivity index (χ2v) is 11.4. The number of β-amino-alcohol motifs (C(OH)–C–C–N with tert-alkyl or cyclic N) is 1. The van der Waals surface area contributed by atoms with E-state index in [9.17, 15) is 14.7 Å². The first kappa shape index (κ1) is 26.8. The summed E-state index contributed by atoms with van der Waals surface area (Å²) in [5, 5.41) is 14.6. The highest BCUT2D eigenvalue weighted by Crippen LogP contribution is 2.33. The Bertz CT molecular complexity index is 1230. The first-order chi connectivity index (χ1) is 17.5. The van der Waals surface area contributed by atoms with Gasteiger partial charge in [-0.3, -0.25) is 9.59 Å². The van der Waals surface area contributed by atoms with Gasteiger partial charge in [-0.25, -0.2) is 4.98 Å². The van der Waals surface area contributed by atoms with Crippen molar-refractivity contribution >= 4 is 11.7 Å². The number of hydrogen-bond donors (Lipinski definition) is 1. The lowest BCUT2D eigenvalue weighted by Gasteiger charge is -2.28. The van der Waals surface area contributed by atoms with E-state index in [0.717, 1.165) is 28.3 Å². The zero-order valence-corrected chi connectivity index (χ0v) is 22.5. The highest BCUT2D eigenvalue weighted by Gasteiger charge is 2.43. The zero-order valence-electron chi connectivity index (χ0n) is 22.5. The average molecular weight is 508 g/mol.